The van der Waals surface area contributed by atoms with E-state index < -0.39 is 0 Å². The van der Waals surface area contributed by atoms with Crippen LogP contribution in [0.3, 0.4) is 0 Å². The van der Waals surface area contributed by atoms with Crippen LogP contribution in [-0.4, -0.2) is 43.1 Å². The molecule has 0 radical (unpaired) electrons. The minimum Gasteiger partial charge on any atom is -0.370 e. The molecule has 0 aromatic carbocycles. The fraction of sp³-hybridized carbons (Fsp3) is 0.938. The molecular weight excluding hydrogens is 248 g/mol. The standard InChI is InChI=1S/C16H32N4/c1-20(15-10-3-2-4-11-15)13-7-12-18-16(17)19-14-8-5-6-9-14/h14-15H,2-13H2,1H3,(H3,17,18,19). The van der Waals surface area contributed by atoms with Crippen LogP contribution in [-0.2, 0) is 0 Å². The van der Waals surface area contributed by atoms with Gasteiger partial charge in [-0.1, -0.05) is 32.1 Å². The van der Waals surface area contributed by atoms with Gasteiger partial charge < -0.3 is 16.0 Å². The fourth-order valence-corrected chi connectivity index (χ4v) is 3.55. The lowest BCUT2D eigenvalue weighted by atomic mass is 9.94. The van der Waals surface area contributed by atoms with Crippen molar-refractivity contribution in [3.8, 4) is 0 Å². The molecule has 4 nitrogen and oxygen atoms in total. The number of hydrogen-bond acceptors (Lipinski definition) is 2. The normalized spacial score (nSPS) is 22.6. The number of nitrogens with zero attached hydrogens (tertiary/aromatic N) is 2. The molecule has 20 heavy (non-hydrogen) atoms. The summed E-state index contributed by atoms with van der Waals surface area (Å²) in [6, 6.07) is 1.38. The molecule has 0 spiro atoms. The maximum absolute atomic E-state index is 5.94. The summed E-state index contributed by atoms with van der Waals surface area (Å²) in [4.78, 5) is 6.98. The molecule has 3 N–H and O–H groups in total. The molecule has 2 aliphatic carbocycles. The summed E-state index contributed by atoms with van der Waals surface area (Å²) in [6.45, 7) is 1.99. The van der Waals surface area contributed by atoms with Crippen molar-refractivity contribution < 1.29 is 0 Å². The highest BCUT2D eigenvalue weighted by atomic mass is 15.1. The Morgan fingerprint density at radius 1 is 1.10 bits per heavy atom. The fourth-order valence-electron chi connectivity index (χ4n) is 3.55. The van der Waals surface area contributed by atoms with Crippen LogP contribution >= 0.6 is 0 Å². The van der Waals surface area contributed by atoms with Gasteiger partial charge >= 0.3 is 0 Å². The van der Waals surface area contributed by atoms with Crippen molar-refractivity contribution >= 4 is 5.96 Å². The summed E-state index contributed by atoms with van der Waals surface area (Å²) < 4.78 is 0. The first-order valence-corrected chi connectivity index (χ1v) is 8.52. The molecule has 0 unspecified atom stereocenters. The third kappa shape index (κ3) is 5.31. The van der Waals surface area contributed by atoms with Crippen molar-refractivity contribution in [2.24, 2.45) is 10.7 Å². The van der Waals surface area contributed by atoms with Crippen LogP contribution in [0.5, 0.6) is 0 Å². The minimum atomic E-state index is 0.573. The van der Waals surface area contributed by atoms with Crippen LogP contribution in [0.4, 0.5) is 0 Å². The molecule has 2 saturated carbocycles. The van der Waals surface area contributed by atoms with E-state index in [1.807, 2.05) is 0 Å². The van der Waals surface area contributed by atoms with E-state index in [0.717, 1.165) is 25.6 Å². The smallest absolute Gasteiger partial charge is 0.188 e. The molecular formula is C16H32N4. The van der Waals surface area contributed by atoms with Crippen LogP contribution in [0.15, 0.2) is 4.99 Å². The van der Waals surface area contributed by atoms with E-state index in [1.54, 1.807) is 0 Å². The number of nitrogens with one attached hydrogen (secondary N) is 1. The Kier molecular flexibility index (Phi) is 6.64. The van der Waals surface area contributed by atoms with Crippen LogP contribution in [0.25, 0.3) is 0 Å². The predicted octanol–water partition coefficient (Wildman–Crippen LogP) is 2.49. The Morgan fingerprint density at radius 2 is 1.75 bits per heavy atom. The third-order valence-electron chi connectivity index (χ3n) is 4.86. The Labute approximate surface area is 124 Å². The van der Waals surface area contributed by atoms with Gasteiger partial charge in [0, 0.05) is 18.6 Å². The minimum absolute atomic E-state index is 0.573. The molecule has 0 aromatic rings. The van der Waals surface area contributed by atoms with Crippen LogP contribution < -0.4 is 11.1 Å². The molecule has 4 heteroatoms. The molecule has 0 aliphatic heterocycles. The second kappa shape index (κ2) is 8.50. The van der Waals surface area contributed by atoms with Gasteiger partial charge in [0.2, 0.25) is 0 Å². The van der Waals surface area contributed by atoms with Crippen LogP contribution in [0, 0.1) is 0 Å². The zero-order chi connectivity index (χ0) is 14.2. The highest BCUT2D eigenvalue weighted by Crippen LogP contribution is 2.21. The molecule has 0 aromatic heterocycles. The summed E-state index contributed by atoms with van der Waals surface area (Å²) in [5, 5.41) is 3.34. The van der Waals surface area contributed by atoms with Gasteiger partial charge in [-0.15, -0.1) is 0 Å². The van der Waals surface area contributed by atoms with Gasteiger partial charge in [-0.05, 0) is 45.7 Å². The molecule has 116 valence electrons. The largest absolute Gasteiger partial charge is 0.370 e. The molecule has 2 aliphatic rings. The van der Waals surface area contributed by atoms with Crippen molar-refractivity contribution in [2.75, 3.05) is 20.1 Å². The zero-order valence-electron chi connectivity index (χ0n) is 13.1. The van der Waals surface area contributed by atoms with Gasteiger partial charge in [0.15, 0.2) is 5.96 Å². The number of aliphatic imine (C=N–C) groups is 1. The van der Waals surface area contributed by atoms with Crippen LogP contribution in [0.2, 0.25) is 0 Å². The van der Waals surface area contributed by atoms with Crippen molar-refractivity contribution in [2.45, 2.75) is 76.3 Å². The van der Waals surface area contributed by atoms with Gasteiger partial charge in [-0.3, -0.25) is 4.99 Å². The second-order valence-corrected chi connectivity index (χ2v) is 6.52. The molecule has 2 rings (SSSR count). The first kappa shape index (κ1) is 15.6. The van der Waals surface area contributed by atoms with Gasteiger partial charge in [0.25, 0.3) is 0 Å². The highest BCUT2D eigenvalue weighted by Gasteiger charge is 2.17. The van der Waals surface area contributed by atoms with Crippen molar-refractivity contribution in [3.63, 3.8) is 0 Å². The number of hydrogen-bond donors (Lipinski definition) is 2. The molecule has 0 heterocycles. The van der Waals surface area contributed by atoms with Crippen LogP contribution in [0.1, 0.15) is 64.2 Å². The Hall–Kier alpha value is -0.770. The van der Waals surface area contributed by atoms with E-state index in [1.165, 1.54) is 57.8 Å². The van der Waals surface area contributed by atoms with E-state index in [0.29, 0.717) is 12.0 Å². The summed E-state index contributed by atoms with van der Waals surface area (Å²) in [5.41, 5.74) is 5.94. The first-order valence-electron chi connectivity index (χ1n) is 8.52. The van der Waals surface area contributed by atoms with E-state index in [2.05, 4.69) is 22.3 Å². The second-order valence-electron chi connectivity index (χ2n) is 6.52. The van der Waals surface area contributed by atoms with Gasteiger partial charge in [-0.25, -0.2) is 0 Å². The summed E-state index contributed by atoms with van der Waals surface area (Å²) >= 11 is 0. The van der Waals surface area contributed by atoms with E-state index in [9.17, 15) is 0 Å². The topological polar surface area (TPSA) is 53.6 Å². The Bertz CT molecular complexity index is 291. The quantitative estimate of drug-likeness (QED) is 0.446. The number of nitrogens with two attached hydrogens (primary N) is 1. The molecule has 0 bridgehead atoms. The summed E-state index contributed by atoms with van der Waals surface area (Å²) in [7, 11) is 2.26. The van der Waals surface area contributed by atoms with Gasteiger partial charge in [0.1, 0.15) is 0 Å². The molecule has 0 atom stereocenters. The third-order valence-corrected chi connectivity index (χ3v) is 4.86. The summed E-state index contributed by atoms with van der Waals surface area (Å²) in [6.07, 6.45) is 13.3. The van der Waals surface area contributed by atoms with E-state index >= 15 is 0 Å². The lowest BCUT2D eigenvalue weighted by Crippen LogP contribution is -2.38. The van der Waals surface area contributed by atoms with Crippen molar-refractivity contribution in [1.82, 2.24) is 10.2 Å². The lowest BCUT2D eigenvalue weighted by Gasteiger charge is -2.31. The SMILES string of the molecule is CN(CCCN=C(N)NC1CCCC1)C1CCCCC1. The van der Waals surface area contributed by atoms with E-state index in [4.69, 9.17) is 5.73 Å². The maximum atomic E-state index is 5.94. The average Bonchev–Trinajstić information content (AvgIpc) is 2.97. The number of guanidine groups is 1. The van der Waals surface area contributed by atoms with E-state index in [-0.39, 0.29) is 0 Å². The molecule has 2 fully saturated rings. The van der Waals surface area contributed by atoms with Crippen molar-refractivity contribution in [3.05, 3.63) is 0 Å². The predicted molar refractivity (Wildman–Crippen MR) is 86.0 cm³/mol. The summed E-state index contributed by atoms with van der Waals surface area (Å²) in [5.74, 6) is 0.650. The number of rotatable bonds is 6. The molecule has 0 amide bonds. The van der Waals surface area contributed by atoms with Gasteiger partial charge in [0.05, 0.1) is 0 Å². The average molecular weight is 280 g/mol. The zero-order valence-corrected chi connectivity index (χ0v) is 13.1. The maximum Gasteiger partial charge on any atom is 0.188 e. The van der Waals surface area contributed by atoms with Gasteiger partial charge in [-0.2, -0.15) is 0 Å². The molecule has 0 saturated heterocycles. The highest BCUT2D eigenvalue weighted by molar-refractivity contribution is 5.78. The van der Waals surface area contributed by atoms with Crippen molar-refractivity contribution in [1.29, 1.82) is 0 Å². The Balaban J connectivity index is 1.57. The first-order chi connectivity index (χ1) is 9.75. The Morgan fingerprint density at radius 3 is 2.45 bits per heavy atom. The lowest BCUT2D eigenvalue weighted by molar-refractivity contribution is 0.191. The monoisotopic (exact) mass is 280 g/mol.